The Hall–Kier alpha value is -0.530. The molecular formula is C14H21ClO. The summed E-state index contributed by atoms with van der Waals surface area (Å²) in [7, 11) is 0. The van der Waals surface area contributed by atoms with E-state index >= 15 is 0 Å². The van der Waals surface area contributed by atoms with Crippen LogP contribution in [-0.2, 0) is 11.3 Å². The lowest BCUT2D eigenvalue weighted by Crippen LogP contribution is -2.19. The van der Waals surface area contributed by atoms with Crippen LogP contribution in [-0.4, -0.2) is 12.5 Å². The Morgan fingerprint density at radius 3 is 2.50 bits per heavy atom. The number of hydrogen-bond acceptors (Lipinski definition) is 1. The lowest BCUT2D eigenvalue weighted by atomic mass is 9.87. The first kappa shape index (κ1) is 13.5. The molecule has 1 aromatic rings. The largest absolute Gasteiger partial charge is 0.377 e. The van der Waals surface area contributed by atoms with Crippen LogP contribution in [0.25, 0.3) is 0 Å². The molecule has 0 radical (unpaired) electrons. The fourth-order valence-electron chi connectivity index (χ4n) is 1.42. The second kappa shape index (κ2) is 6.93. The van der Waals surface area contributed by atoms with Gasteiger partial charge >= 0.3 is 0 Å². The zero-order chi connectivity index (χ0) is 11.9. The molecule has 0 aliphatic heterocycles. The summed E-state index contributed by atoms with van der Waals surface area (Å²) in [6.07, 6.45) is 2.13. The fraction of sp³-hybridized carbons (Fsp3) is 0.571. The third-order valence-corrected chi connectivity index (χ3v) is 3.78. The maximum absolute atomic E-state index is 5.95. The highest BCUT2D eigenvalue weighted by atomic mass is 35.5. The predicted octanol–water partition coefficient (Wildman–Crippen LogP) is 4.25. The number of alkyl halides is 1. The summed E-state index contributed by atoms with van der Waals surface area (Å²) < 4.78 is 5.66. The van der Waals surface area contributed by atoms with Crippen molar-refractivity contribution in [3.8, 4) is 0 Å². The van der Waals surface area contributed by atoms with Crippen molar-refractivity contribution in [1.29, 1.82) is 0 Å². The van der Waals surface area contributed by atoms with E-state index in [-0.39, 0.29) is 5.41 Å². The van der Waals surface area contributed by atoms with Gasteiger partial charge in [0.15, 0.2) is 0 Å². The molecule has 0 aliphatic rings. The number of ether oxygens (including phenoxy) is 1. The third-order valence-electron chi connectivity index (χ3n) is 3.14. The van der Waals surface area contributed by atoms with Crippen LogP contribution in [0, 0.1) is 5.41 Å². The second-order valence-corrected chi connectivity index (χ2v) is 4.85. The van der Waals surface area contributed by atoms with Gasteiger partial charge in [-0.25, -0.2) is 0 Å². The molecule has 90 valence electrons. The average Bonchev–Trinajstić information content (AvgIpc) is 2.36. The van der Waals surface area contributed by atoms with E-state index in [0.29, 0.717) is 12.5 Å². The van der Waals surface area contributed by atoms with Gasteiger partial charge in [-0.05, 0) is 23.8 Å². The summed E-state index contributed by atoms with van der Waals surface area (Å²) in [6, 6.07) is 10.3. The van der Waals surface area contributed by atoms with Crippen LogP contribution in [0.15, 0.2) is 30.3 Å². The third kappa shape index (κ3) is 4.54. The molecule has 0 saturated heterocycles. The van der Waals surface area contributed by atoms with Crippen molar-refractivity contribution in [1.82, 2.24) is 0 Å². The van der Waals surface area contributed by atoms with Crippen molar-refractivity contribution in [2.45, 2.75) is 33.3 Å². The van der Waals surface area contributed by atoms with Gasteiger partial charge in [-0.3, -0.25) is 0 Å². The topological polar surface area (TPSA) is 9.23 Å². The molecule has 1 atom stereocenters. The fourth-order valence-corrected chi connectivity index (χ4v) is 1.74. The molecule has 0 amide bonds. The number of hydrogen-bond donors (Lipinski definition) is 0. The summed E-state index contributed by atoms with van der Waals surface area (Å²) in [5.74, 6) is 0.707. The first-order chi connectivity index (χ1) is 7.70. The lowest BCUT2D eigenvalue weighted by molar-refractivity contribution is 0.0919. The minimum absolute atomic E-state index is 0.220. The van der Waals surface area contributed by atoms with Gasteiger partial charge in [0.2, 0.25) is 0 Å². The van der Waals surface area contributed by atoms with Crippen LogP contribution < -0.4 is 0 Å². The SMILES string of the molecule is CCC(C)(CCl)CCOCc1ccccc1. The standard InChI is InChI=1S/C14H21ClO/c1-3-14(2,12-15)9-10-16-11-13-7-5-4-6-8-13/h4-8H,3,9-12H2,1-2H3. The van der Waals surface area contributed by atoms with Crippen molar-refractivity contribution in [3.05, 3.63) is 35.9 Å². The molecule has 0 N–H and O–H groups in total. The number of rotatable bonds is 7. The van der Waals surface area contributed by atoms with Crippen LogP contribution in [0.3, 0.4) is 0 Å². The van der Waals surface area contributed by atoms with Gasteiger partial charge < -0.3 is 4.74 Å². The Morgan fingerprint density at radius 1 is 1.25 bits per heavy atom. The molecule has 0 heterocycles. The molecule has 1 nitrogen and oxygen atoms in total. The van der Waals surface area contributed by atoms with E-state index in [0.717, 1.165) is 19.4 Å². The van der Waals surface area contributed by atoms with Crippen LogP contribution in [0.1, 0.15) is 32.3 Å². The zero-order valence-corrected chi connectivity index (χ0v) is 11.0. The highest BCUT2D eigenvalue weighted by Gasteiger charge is 2.20. The van der Waals surface area contributed by atoms with E-state index in [2.05, 4.69) is 26.0 Å². The Morgan fingerprint density at radius 2 is 1.94 bits per heavy atom. The Kier molecular flexibility index (Phi) is 5.86. The molecule has 0 saturated carbocycles. The first-order valence-electron chi connectivity index (χ1n) is 5.88. The number of benzene rings is 1. The van der Waals surface area contributed by atoms with E-state index in [4.69, 9.17) is 16.3 Å². The quantitative estimate of drug-likeness (QED) is 0.512. The van der Waals surface area contributed by atoms with Crippen LogP contribution in [0.4, 0.5) is 0 Å². The highest BCUT2D eigenvalue weighted by molar-refractivity contribution is 6.18. The van der Waals surface area contributed by atoms with E-state index in [1.807, 2.05) is 18.2 Å². The smallest absolute Gasteiger partial charge is 0.0716 e. The van der Waals surface area contributed by atoms with Crippen LogP contribution in [0.2, 0.25) is 0 Å². The van der Waals surface area contributed by atoms with Gasteiger partial charge in [0.25, 0.3) is 0 Å². The van der Waals surface area contributed by atoms with Gasteiger partial charge in [-0.1, -0.05) is 44.2 Å². The molecule has 0 fully saturated rings. The molecule has 1 rings (SSSR count). The highest BCUT2D eigenvalue weighted by Crippen LogP contribution is 2.27. The summed E-state index contributed by atoms with van der Waals surface area (Å²) >= 11 is 5.95. The van der Waals surface area contributed by atoms with Gasteiger partial charge in [0, 0.05) is 12.5 Å². The second-order valence-electron chi connectivity index (χ2n) is 4.59. The maximum atomic E-state index is 5.95. The first-order valence-corrected chi connectivity index (χ1v) is 6.41. The molecule has 16 heavy (non-hydrogen) atoms. The van der Waals surface area contributed by atoms with E-state index < -0.39 is 0 Å². The molecule has 1 aromatic carbocycles. The van der Waals surface area contributed by atoms with Gasteiger partial charge in [0.05, 0.1) is 6.61 Å². The normalized spacial score (nSPS) is 14.7. The Labute approximate surface area is 104 Å². The lowest BCUT2D eigenvalue weighted by Gasteiger charge is -2.25. The monoisotopic (exact) mass is 240 g/mol. The Bertz CT molecular complexity index is 280. The average molecular weight is 241 g/mol. The summed E-state index contributed by atoms with van der Waals surface area (Å²) in [6.45, 7) is 5.88. The van der Waals surface area contributed by atoms with Crippen LogP contribution in [0.5, 0.6) is 0 Å². The van der Waals surface area contributed by atoms with Crippen molar-refractivity contribution in [2.24, 2.45) is 5.41 Å². The summed E-state index contributed by atoms with van der Waals surface area (Å²) in [4.78, 5) is 0. The van der Waals surface area contributed by atoms with Gasteiger partial charge in [0.1, 0.15) is 0 Å². The minimum atomic E-state index is 0.220. The van der Waals surface area contributed by atoms with Crippen molar-refractivity contribution >= 4 is 11.6 Å². The summed E-state index contributed by atoms with van der Waals surface area (Å²) in [5, 5.41) is 0. The molecule has 2 heteroatoms. The van der Waals surface area contributed by atoms with Crippen molar-refractivity contribution in [2.75, 3.05) is 12.5 Å². The minimum Gasteiger partial charge on any atom is -0.377 e. The zero-order valence-electron chi connectivity index (χ0n) is 10.2. The molecule has 0 bridgehead atoms. The Balaban J connectivity index is 2.22. The van der Waals surface area contributed by atoms with Gasteiger partial charge in [-0.15, -0.1) is 11.6 Å². The summed E-state index contributed by atoms with van der Waals surface area (Å²) in [5.41, 5.74) is 1.45. The van der Waals surface area contributed by atoms with E-state index in [9.17, 15) is 0 Å². The molecular weight excluding hydrogens is 220 g/mol. The van der Waals surface area contributed by atoms with Crippen molar-refractivity contribution < 1.29 is 4.74 Å². The predicted molar refractivity (Wildman–Crippen MR) is 69.8 cm³/mol. The van der Waals surface area contributed by atoms with E-state index in [1.54, 1.807) is 0 Å². The molecule has 0 spiro atoms. The molecule has 1 unspecified atom stereocenters. The molecule has 0 aromatic heterocycles. The van der Waals surface area contributed by atoms with Crippen LogP contribution >= 0.6 is 11.6 Å². The number of halogens is 1. The maximum Gasteiger partial charge on any atom is 0.0716 e. The van der Waals surface area contributed by atoms with E-state index in [1.165, 1.54) is 5.56 Å². The van der Waals surface area contributed by atoms with Crippen molar-refractivity contribution in [3.63, 3.8) is 0 Å². The molecule has 0 aliphatic carbocycles. The van der Waals surface area contributed by atoms with Gasteiger partial charge in [-0.2, -0.15) is 0 Å².